The van der Waals surface area contributed by atoms with E-state index in [1.165, 1.54) is 36.1 Å². The first-order valence-electron chi connectivity index (χ1n) is 6.81. The van der Waals surface area contributed by atoms with E-state index in [4.69, 9.17) is 16.3 Å². The van der Waals surface area contributed by atoms with Crippen molar-refractivity contribution in [3.8, 4) is 0 Å². The van der Waals surface area contributed by atoms with Gasteiger partial charge in [-0.1, -0.05) is 11.6 Å². The quantitative estimate of drug-likeness (QED) is 0.785. The van der Waals surface area contributed by atoms with Gasteiger partial charge in [0.05, 0.1) is 21.4 Å². The first-order chi connectivity index (χ1) is 11.3. The summed E-state index contributed by atoms with van der Waals surface area (Å²) in [6, 6.07) is 4.50. The molecule has 0 aliphatic heterocycles. The van der Waals surface area contributed by atoms with Crippen LogP contribution < -0.4 is 5.32 Å². The van der Waals surface area contributed by atoms with E-state index >= 15 is 0 Å². The van der Waals surface area contributed by atoms with Crippen LogP contribution in [0.4, 0.5) is 5.82 Å². The summed E-state index contributed by atoms with van der Waals surface area (Å²) >= 11 is 6.78. The zero-order chi connectivity index (χ0) is 17.7. The highest BCUT2D eigenvalue weighted by Gasteiger charge is 2.23. The molecule has 2 aromatic rings. The van der Waals surface area contributed by atoms with Crippen molar-refractivity contribution in [3.05, 3.63) is 39.7 Å². The molecule has 0 spiro atoms. The van der Waals surface area contributed by atoms with Crippen LogP contribution in [0, 0.1) is 0 Å². The van der Waals surface area contributed by atoms with Crippen molar-refractivity contribution in [2.75, 3.05) is 32.6 Å². The van der Waals surface area contributed by atoms with E-state index in [9.17, 15) is 13.2 Å². The lowest BCUT2D eigenvalue weighted by Gasteiger charge is -2.15. The smallest absolute Gasteiger partial charge is 0.266 e. The number of amides is 1. The maximum absolute atomic E-state index is 12.4. The van der Waals surface area contributed by atoms with Gasteiger partial charge in [-0.3, -0.25) is 4.79 Å². The Labute approximate surface area is 149 Å². The van der Waals surface area contributed by atoms with Crippen molar-refractivity contribution in [2.24, 2.45) is 0 Å². The van der Waals surface area contributed by atoms with Crippen LogP contribution in [0.15, 0.2) is 34.7 Å². The lowest BCUT2D eigenvalue weighted by atomic mass is 10.4. The van der Waals surface area contributed by atoms with Crippen molar-refractivity contribution in [1.29, 1.82) is 0 Å². The molecule has 0 radical (unpaired) electrons. The topological polar surface area (TPSA) is 88.6 Å². The Morgan fingerprint density at radius 3 is 2.83 bits per heavy atom. The Balaban J connectivity index is 2.11. The average molecular weight is 390 g/mol. The molecule has 24 heavy (non-hydrogen) atoms. The summed E-state index contributed by atoms with van der Waals surface area (Å²) in [5.74, 6) is -0.102. The van der Waals surface area contributed by atoms with Crippen LogP contribution >= 0.6 is 22.9 Å². The van der Waals surface area contributed by atoms with Gasteiger partial charge in [0.1, 0.15) is 5.82 Å². The second-order valence-electron chi connectivity index (χ2n) is 4.78. The number of carbonyl (C=O) groups is 1. The van der Waals surface area contributed by atoms with Crippen LogP contribution in [0.5, 0.6) is 0 Å². The van der Waals surface area contributed by atoms with E-state index in [2.05, 4.69) is 10.3 Å². The molecule has 0 atom stereocenters. The normalized spacial score (nSPS) is 11.7. The standard InChI is InChI=1S/C14H16ClN3O4S2/c1-18(5-6-22-2)24(20,21)11-7-12(23-9-11)14(19)17-13-4-3-10(15)8-16-13/h3-4,7-9H,5-6H2,1-2H3,(H,16,17,19). The fourth-order valence-electron chi connectivity index (χ4n) is 1.72. The molecular formula is C14H16ClN3O4S2. The van der Waals surface area contributed by atoms with Crippen molar-refractivity contribution in [3.63, 3.8) is 0 Å². The number of pyridine rings is 1. The summed E-state index contributed by atoms with van der Waals surface area (Å²) in [4.78, 5) is 16.5. The predicted molar refractivity (Wildman–Crippen MR) is 93.2 cm³/mol. The number of nitrogens with zero attached hydrogens (tertiary/aromatic N) is 2. The molecule has 0 unspecified atom stereocenters. The average Bonchev–Trinajstić information content (AvgIpc) is 3.05. The summed E-state index contributed by atoms with van der Waals surface area (Å²) in [7, 11) is -0.692. The van der Waals surface area contributed by atoms with Gasteiger partial charge in [-0.25, -0.2) is 13.4 Å². The number of rotatable bonds is 7. The third-order valence-electron chi connectivity index (χ3n) is 3.09. The first-order valence-corrected chi connectivity index (χ1v) is 9.51. The molecule has 130 valence electrons. The largest absolute Gasteiger partial charge is 0.383 e. The number of methoxy groups -OCH3 is 1. The van der Waals surface area contributed by atoms with E-state index in [1.807, 2.05) is 0 Å². The van der Waals surface area contributed by atoms with E-state index in [0.29, 0.717) is 10.8 Å². The third kappa shape index (κ3) is 4.52. The Morgan fingerprint density at radius 2 is 2.21 bits per heavy atom. The monoisotopic (exact) mass is 389 g/mol. The van der Waals surface area contributed by atoms with Crippen LogP contribution in [0.1, 0.15) is 9.67 Å². The van der Waals surface area contributed by atoms with E-state index < -0.39 is 15.9 Å². The SMILES string of the molecule is COCCN(C)S(=O)(=O)c1csc(C(=O)Nc2ccc(Cl)cn2)c1. The van der Waals surface area contributed by atoms with E-state index in [-0.39, 0.29) is 22.9 Å². The van der Waals surface area contributed by atoms with Gasteiger partial charge in [0.2, 0.25) is 10.0 Å². The maximum Gasteiger partial charge on any atom is 0.266 e. The third-order valence-corrected chi connectivity index (χ3v) is 6.22. The van der Waals surface area contributed by atoms with Crippen LogP contribution in [0.25, 0.3) is 0 Å². The van der Waals surface area contributed by atoms with Crippen molar-refractivity contribution in [2.45, 2.75) is 4.90 Å². The zero-order valence-corrected chi connectivity index (χ0v) is 15.4. The second kappa shape index (κ2) is 8.04. The van der Waals surface area contributed by atoms with Gasteiger partial charge in [-0.2, -0.15) is 4.31 Å². The number of hydrogen-bond donors (Lipinski definition) is 1. The number of nitrogens with one attached hydrogen (secondary N) is 1. The van der Waals surface area contributed by atoms with Crippen LogP contribution in [-0.2, 0) is 14.8 Å². The summed E-state index contributed by atoms with van der Waals surface area (Å²) in [5, 5.41) is 4.48. The lowest BCUT2D eigenvalue weighted by molar-refractivity contribution is 0.103. The first kappa shape index (κ1) is 18.8. The summed E-state index contributed by atoms with van der Waals surface area (Å²) in [6.07, 6.45) is 1.41. The number of sulfonamides is 1. The van der Waals surface area contributed by atoms with Gasteiger partial charge >= 0.3 is 0 Å². The number of hydrogen-bond acceptors (Lipinski definition) is 6. The van der Waals surface area contributed by atoms with Gasteiger partial charge in [-0.15, -0.1) is 11.3 Å². The molecule has 0 bridgehead atoms. The van der Waals surface area contributed by atoms with Crippen LogP contribution in [0.3, 0.4) is 0 Å². The number of halogens is 1. The van der Waals surface area contributed by atoms with Gasteiger partial charge in [0, 0.05) is 32.3 Å². The van der Waals surface area contributed by atoms with Gasteiger partial charge < -0.3 is 10.1 Å². The second-order valence-corrected chi connectivity index (χ2v) is 8.17. The highest BCUT2D eigenvalue weighted by atomic mass is 35.5. The molecule has 2 aromatic heterocycles. The van der Waals surface area contributed by atoms with Gasteiger partial charge in [0.15, 0.2) is 0 Å². The number of thiophene rings is 1. The molecule has 0 aromatic carbocycles. The van der Waals surface area contributed by atoms with Crippen molar-refractivity contribution >= 4 is 44.7 Å². The lowest BCUT2D eigenvalue weighted by Crippen LogP contribution is -2.29. The van der Waals surface area contributed by atoms with Gasteiger partial charge in [0.25, 0.3) is 5.91 Å². The van der Waals surface area contributed by atoms with E-state index in [1.54, 1.807) is 12.1 Å². The molecule has 1 N–H and O–H groups in total. The Morgan fingerprint density at radius 1 is 1.46 bits per heavy atom. The molecule has 0 saturated heterocycles. The number of aromatic nitrogens is 1. The predicted octanol–water partition coefficient (Wildman–Crippen LogP) is 2.32. The summed E-state index contributed by atoms with van der Waals surface area (Å²) in [6.45, 7) is 0.514. The molecular weight excluding hydrogens is 374 g/mol. The Hall–Kier alpha value is -1.52. The summed E-state index contributed by atoms with van der Waals surface area (Å²) in [5.41, 5.74) is 0. The molecule has 1 amide bonds. The molecule has 10 heteroatoms. The van der Waals surface area contributed by atoms with E-state index in [0.717, 1.165) is 11.3 Å². The molecule has 2 heterocycles. The minimum absolute atomic E-state index is 0.0697. The van der Waals surface area contributed by atoms with Crippen molar-refractivity contribution in [1.82, 2.24) is 9.29 Å². The zero-order valence-electron chi connectivity index (χ0n) is 13.0. The van der Waals surface area contributed by atoms with Crippen LogP contribution in [0.2, 0.25) is 5.02 Å². The fourth-order valence-corrected chi connectivity index (χ4v) is 4.14. The number of likely N-dealkylation sites (N-methyl/N-ethyl adjacent to an activating group) is 1. The Bertz CT molecular complexity index is 806. The highest BCUT2D eigenvalue weighted by Crippen LogP contribution is 2.23. The minimum Gasteiger partial charge on any atom is -0.383 e. The number of ether oxygens (including phenoxy) is 1. The number of carbonyl (C=O) groups excluding carboxylic acids is 1. The minimum atomic E-state index is -3.65. The highest BCUT2D eigenvalue weighted by molar-refractivity contribution is 7.89. The number of anilines is 1. The molecule has 0 aliphatic rings. The summed E-state index contributed by atoms with van der Waals surface area (Å²) < 4.78 is 30.8. The fraction of sp³-hybridized carbons (Fsp3) is 0.286. The molecule has 7 nitrogen and oxygen atoms in total. The Kier molecular flexibility index (Phi) is 6.30. The molecule has 0 aliphatic carbocycles. The van der Waals surface area contributed by atoms with Crippen LogP contribution in [-0.4, -0.2) is 50.9 Å². The molecule has 0 fully saturated rings. The maximum atomic E-state index is 12.4. The molecule has 0 saturated carbocycles. The molecule has 2 rings (SSSR count). The van der Waals surface area contributed by atoms with Gasteiger partial charge in [-0.05, 0) is 18.2 Å². The van der Waals surface area contributed by atoms with Crippen molar-refractivity contribution < 1.29 is 17.9 Å².